The molecule has 1 aliphatic heterocycles. The lowest BCUT2D eigenvalue weighted by Gasteiger charge is -2.35. The summed E-state index contributed by atoms with van der Waals surface area (Å²) in [4.78, 5) is 18.2. The van der Waals surface area contributed by atoms with Crippen LogP contribution in [0, 0.1) is 13.8 Å². The van der Waals surface area contributed by atoms with Crippen molar-refractivity contribution in [3.05, 3.63) is 66.0 Å². The van der Waals surface area contributed by atoms with Crippen molar-refractivity contribution < 1.29 is 0 Å². The minimum absolute atomic E-state index is 0.769. The Bertz CT molecular complexity index is 904. The van der Waals surface area contributed by atoms with Crippen molar-refractivity contribution >= 4 is 23.3 Å². The average Bonchev–Trinajstić information content (AvgIpc) is 2.72. The Balaban J connectivity index is 1.45. The van der Waals surface area contributed by atoms with Gasteiger partial charge in [0.25, 0.3) is 0 Å². The van der Waals surface area contributed by atoms with E-state index in [2.05, 4.69) is 63.2 Å². The molecule has 1 aliphatic rings. The molecule has 3 heterocycles. The van der Waals surface area contributed by atoms with Gasteiger partial charge in [0.2, 0.25) is 5.95 Å². The monoisotopic (exact) mass is 360 g/mol. The third-order valence-corrected chi connectivity index (χ3v) is 4.83. The normalized spacial score (nSPS) is 14.3. The van der Waals surface area contributed by atoms with Gasteiger partial charge in [-0.15, -0.1) is 0 Å². The van der Waals surface area contributed by atoms with Crippen LogP contribution in [-0.2, 0) is 0 Å². The lowest BCUT2D eigenvalue weighted by atomic mass is 10.1. The van der Waals surface area contributed by atoms with E-state index in [1.165, 1.54) is 11.1 Å². The Morgan fingerprint density at radius 3 is 2.44 bits per heavy atom. The molecule has 0 atom stereocenters. The number of nitrogens with zero attached hydrogens (tertiary/aromatic N) is 5. The SMILES string of the molecule is Cc1ccc(C)c(Nc2ccnc(N3CCN(c4ccccn4)CC3)n2)c1. The van der Waals surface area contributed by atoms with Crippen LogP contribution in [0.3, 0.4) is 0 Å². The highest BCUT2D eigenvalue weighted by atomic mass is 15.3. The van der Waals surface area contributed by atoms with Crippen LogP contribution < -0.4 is 15.1 Å². The molecule has 6 nitrogen and oxygen atoms in total. The van der Waals surface area contributed by atoms with Gasteiger partial charge < -0.3 is 15.1 Å². The van der Waals surface area contributed by atoms with Crippen molar-refractivity contribution in [2.24, 2.45) is 0 Å². The molecule has 1 saturated heterocycles. The molecular formula is C21H24N6. The molecule has 1 N–H and O–H groups in total. The zero-order chi connectivity index (χ0) is 18.6. The quantitative estimate of drug-likeness (QED) is 0.768. The van der Waals surface area contributed by atoms with Crippen molar-refractivity contribution in [2.75, 3.05) is 41.3 Å². The topological polar surface area (TPSA) is 57.2 Å². The third-order valence-electron chi connectivity index (χ3n) is 4.83. The van der Waals surface area contributed by atoms with Gasteiger partial charge >= 0.3 is 0 Å². The highest BCUT2D eigenvalue weighted by Gasteiger charge is 2.20. The summed E-state index contributed by atoms with van der Waals surface area (Å²) in [5, 5.41) is 3.43. The molecule has 4 rings (SSSR count). The first kappa shape index (κ1) is 17.3. The van der Waals surface area contributed by atoms with E-state index in [1.807, 2.05) is 30.6 Å². The van der Waals surface area contributed by atoms with E-state index < -0.39 is 0 Å². The van der Waals surface area contributed by atoms with E-state index in [9.17, 15) is 0 Å². The first-order valence-electron chi connectivity index (χ1n) is 9.27. The van der Waals surface area contributed by atoms with Crippen LogP contribution >= 0.6 is 0 Å². The fourth-order valence-electron chi connectivity index (χ4n) is 3.26. The summed E-state index contributed by atoms with van der Waals surface area (Å²) in [5.41, 5.74) is 3.51. The molecule has 0 saturated carbocycles. The molecule has 0 aliphatic carbocycles. The molecule has 0 unspecified atom stereocenters. The predicted octanol–water partition coefficient (Wildman–Crippen LogP) is 3.56. The van der Waals surface area contributed by atoms with Gasteiger partial charge in [-0.25, -0.2) is 9.97 Å². The number of anilines is 4. The number of hydrogen-bond donors (Lipinski definition) is 1. The van der Waals surface area contributed by atoms with Gasteiger partial charge in [0.15, 0.2) is 0 Å². The molecule has 1 aromatic carbocycles. The third kappa shape index (κ3) is 4.00. The number of benzene rings is 1. The van der Waals surface area contributed by atoms with Crippen LogP contribution in [0.15, 0.2) is 54.9 Å². The molecule has 138 valence electrons. The van der Waals surface area contributed by atoms with E-state index in [-0.39, 0.29) is 0 Å². The molecule has 3 aromatic rings. The molecule has 0 amide bonds. The van der Waals surface area contributed by atoms with E-state index in [1.54, 1.807) is 0 Å². The summed E-state index contributed by atoms with van der Waals surface area (Å²) in [6.45, 7) is 7.77. The number of pyridine rings is 1. The Labute approximate surface area is 159 Å². The summed E-state index contributed by atoms with van der Waals surface area (Å²) >= 11 is 0. The lowest BCUT2D eigenvalue weighted by molar-refractivity contribution is 0.635. The van der Waals surface area contributed by atoms with Gasteiger partial charge in [-0.05, 0) is 49.2 Å². The zero-order valence-electron chi connectivity index (χ0n) is 15.8. The Hall–Kier alpha value is -3.15. The van der Waals surface area contributed by atoms with Crippen molar-refractivity contribution in [1.29, 1.82) is 0 Å². The highest BCUT2D eigenvalue weighted by molar-refractivity contribution is 5.62. The summed E-state index contributed by atoms with van der Waals surface area (Å²) < 4.78 is 0. The lowest BCUT2D eigenvalue weighted by Crippen LogP contribution is -2.47. The smallest absolute Gasteiger partial charge is 0.227 e. The molecule has 0 radical (unpaired) electrons. The van der Waals surface area contributed by atoms with Gasteiger partial charge in [-0.2, -0.15) is 4.98 Å². The maximum Gasteiger partial charge on any atom is 0.227 e. The maximum absolute atomic E-state index is 4.73. The summed E-state index contributed by atoms with van der Waals surface area (Å²) in [6.07, 6.45) is 3.66. The Kier molecular flexibility index (Phi) is 4.87. The van der Waals surface area contributed by atoms with Crippen LogP contribution in [0.5, 0.6) is 0 Å². The van der Waals surface area contributed by atoms with Crippen molar-refractivity contribution in [1.82, 2.24) is 15.0 Å². The number of rotatable bonds is 4. The number of piperazine rings is 1. The van der Waals surface area contributed by atoms with Crippen molar-refractivity contribution in [3.8, 4) is 0 Å². The number of aromatic nitrogens is 3. The number of nitrogens with one attached hydrogen (secondary N) is 1. The zero-order valence-corrected chi connectivity index (χ0v) is 15.8. The van der Waals surface area contributed by atoms with Crippen molar-refractivity contribution in [2.45, 2.75) is 13.8 Å². The highest BCUT2D eigenvalue weighted by Crippen LogP contribution is 2.22. The second-order valence-electron chi connectivity index (χ2n) is 6.85. The minimum atomic E-state index is 0.769. The van der Waals surface area contributed by atoms with Gasteiger partial charge in [-0.3, -0.25) is 0 Å². The number of hydrogen-bond acceptors (Lipinski definition) is 6. The van der Waals surface area contributed by atoms with Gasteiger partial charge in [0, 0.05) is 44.3 Å². The van der Waals surface area contributed by atoms with Gasteiger partial charge in [0.1, 0.15) is 11.6 Å². The predicted molar refractivity (Wildman–Crippen MR) is 110 cm³/mol. The fraction of sp³-hybridized carbons (Fsp3) is 0.286. The molecule has 2 aromatic heterocycles. The van der Waals surface area contributed by atoms with Crippen molar-refractivity contribution in [3.63, 3.8) is 0 Å². The van der Waals surface area contributed by atoms with Crippen LogP contribution in [0.1, 0.15) is 11.1 Å². The Morgan fingerprint density at radius 1 is 0.852 bits per heavy atom. The first-order valence-corrected chi connectivity index (χ1v) is 9.27. The maximum atomic E-state index is 4.73. The largest absolute Gasteiger partial charge is 0.353 e. The minimum Gasteiger partial charge on any atom is -0.353 e. The first-order chi connectivity index (χ1) is 13.2. The summed E-state index contributed by atoms with van der Waals surface area (Å²) in [6, 6.07) is 14.3. The molecular weight excluding hydrogens is 336 g/mol. The molecule has 1 fully saturated rings. The molecule has 6 heteroatoms. The molecule has 0 bridgehead atoms. The second-order valence-corrected chi connectivity index (χ2v) is 6.85. The van der Waals surface area contributed by atoms with Crippen LogP contribution in [-0.4, -0.2) is 41.1 Å². The molecule has 27 heavy (non-hydrogen) atoms. The number of aryl methyl sites for hydroxylation is 2. The fourth-order valence-corrected chi connectivity index (χ4v) is 3.26. The molecule has 0 spiro atoms. The summed E-state index contributed by atoms with van der Waals surface area (Å²) in [5.74, 6) is 2.62. The second kappa shape index (κ2) is 7.61. The van der Waals surface area contributed by atoms with E-state index >= 15 is 0 Å². The Morgan fingerprint density at radius 2 is 1.67 bits per heavy atom. The van der Waals surface area contributed by atoms with Gasteiger partial charge in [-0.1, -0.05) is 18.2 Å². The summed E-state index contributed by atoms with van der Waals surface area (Å²) in [7, 11) is 0. The average molecular weight is 360 g/mol. The van der Waals surface area contributed by atoms with E-state index in [0.717, 1.165) is 49.5 Å². The van der Waals surface area contributed by atoms with Crippen LogP contribution in [0.2, 0.25) is 0 Å². The standard InChI is InChI=1S/C21H24N6/c1-16-6-7-17(2)18(15-16)24-19-8-10-23-21(25-19)27-13-11-26(12-14-27)20-5-3-4-9-22-20/h3-10,15H,11-14H2,1-2H3,(H,23,24,25). The van der Waals surface area contributed by atoms with E-state index in [4.69, 9.17) is 4.98 Å². The van der Waals surface area contributed by atoms with Crippen LogP contribution in [0.25, 0.3) is 0 Å². The van der Waals surface area contributed by atoms with Crippen LogP contribution in [0.4, 0.5) is 23.3 Å². The van der Waals surface area contributed by atoms with E-state index in [0.29, 0.717) is 0 Å². The van der Waals surface area contributed by atoms with Gasteiger partial charge in [0.05, 0.1) is 0 Å².